The third-order valence-corrected chi connectivity index (χ3v) is 3.48. The number of benzene rings is 1. The molecule has 96 valence electrons. The first-order valence-corrected chi connectivity index (χ1v) is 6.31. The Bertz CT molecular complexity index is 453. The first-order chi connectivity index (χ1) is 8.74. The maximum absolute atomic E-state index is 13.2. The molecule has 2 rings (SSSR count). The minimum absolute atomic E-state index is 0.136. The van der Waals surface area contributed by atoms with Gasteiger partial charge in [0.15, 0.2) is 0 Å². The van der Waals surface area contributed by atoms with Crippen LogP contribution in [0.4, 0.5) is 4.39 Å². The van der Waals surface area contributed by atoms with E-state index >= 15 is 0 Å². The fraction of sp³-hybridized carbons (Fsp3) is 0.500. The van der Waals surface area contributed by atoms with Crippen molar-refractivity contribution in [3.05, 3.63) is 35.1 Å². The molecule has 1 heterocycles. The van der Waals surface area contributed by atoms with Crippen molar-refractivity contribution in [2.75, 3.05) is 20.1 Å². The summed E-state index contributed by atoms with van der Waals surface area (Å²) in [5.41, 5.74) is 1.15. The second-order valence-electron chi connectivity index (χ2n) is 4.75. The Labute approximate surface area is 107 Å². The fourth-order valence-corrected chi connectivity index (χ4v) is 2.56. The molecule has 1 fully saturated rings. The van der Waals surface area contributed by atoms with Gasteiger partial charge in [-0.2, -0.15) is 5.26 Å². The molecule has 0 aliphatic carbocycles. The number of likely N-dealkylation sites (N-methyl/N-ethyl adjacent to an activating group) is 1. The molecule has 0 saturated carbocycles. The summed E-state index contributed by atoms with van der Waals surface area (Å²) < 4.78 is 13.2. The molecule has 1 N–H and O–H groups in total. The van der Waals surface area contributed by atoms with E-state index in [1.807, 2.05) is 13.1 Å². The van der Waals surface area contributed by atoms with E-state index in [-0.39, 0.29) is 5.56 Å². The number of nitrogens with one attached hydrogen (secondary N) is 1. The zero-order valence-corrected chi connectivity index (χ0v) is 10.6. The van der Waals surface area contributed by atoms with Crippen molar-refractivity contribution in [1.29, 1.82) is 5.26 Å². The Morgan fingerprint density at radius 2 is 2.39 bits per heavy atom. The number of likely N-dealkylation sites (tertiary alicyclic amines) is 1. The summed E-state index contributed by atoms with van der Waals surface area (Å²) in [5.74, 6) is -0.436. The second kappa shape index (κ2) is 5.94. The summed E-state index contributed by atoms with van der Waals surface area (Å²) >= 11 is 0. The largest absolute Gasteiger partial charge is 0.318 e. The highest BCUT2D eigenvalue weighted by Gasteiger charge is 2.23. The molecule has 18 heavy (non-hydrogen) atoms. The smallest absolute Gasteiger partial charge is 0.140 e. The van der Waals surface area contributed by atoms with Crippen LogP contribution in [0.3, 0.4) is 0 Å². The molecule has 1 aromatic carbocycles. The molecule has 0 radical (unpaired) electrons. The topological polar surface area (TPSA) is 39.1 Å². The van der Waals surface area contributed by atoms with Gasteiger partial charge in [0.25, 0.3) is 0 Å². The number of nitriles is 1. The van der Waals surface area contributed by atoms with E-state index < -0.39 is 5.82 Å². The summed E-state index contributed by atoms with van der Waals surface area (Å²) in [7, 11) is 1.96. The van der Waals surface area contributed by atoms with Crippen LogP contribution in [0.2, 0.25) is 0 Å². The van der Waals surface area contributed by atoms with E-state index in [4.69, 9.17) is 5.26 Å². The van der Waals surface area contributed by atoms with Gasteiger partial charge in [0.05, 0.1) is 5.56 Å². The zero-order chi connectivity index (χ0) is 13.0. The van der Waals surface area contributed by atoms with E-state index in [1.54, 1.807) is 12.1 Å². The van der Waals surface area contributed by atoms with Crippen LogP contribution in [0.15, 0.2) is 18.2 Å². The Hall–Kier alpha value is -1.44. The van der Waals surface area contributed by atoms with Gasteiger partial charge in [-0.15, -0.1) is 0 Å². The molecule has 0 amide bonds. The van der Waals surface area contributed by atoms with Crippen molar-refractivity contribution in [2.45, 2.75) is 25.4 Å². The normalized spacial score (nSPS) is 19.9. The summed E-state index contributed by atoms with van der Waals surface area (Å²) in [5, 5.41) is 12.0. The number of nitrogens with zero attached hydrogens (tertiary/aromatic N) is 2. The molecular weight excluding hydrogens is 229 g/mol. The maximum atomic E-state index is 13.2. The monoisotopic (exact) mass is 247 g/mol. The molecule has 1 aliphatic rings. The lowest BCUT2D eigenvalue weighted by Crippen LogP contribution is -2.36. The summed E-state index contributed by atoms with van der Waals surface area (Å²) in [4.78, 5) is 2.39. The number of hydrogen-bond donors (Lipinski definition) is 1. The molecule has 0 aromatic heterocycles. The Morgan fingerprint density at radius 1 is 1.56 bits per heavy atom. The highest BCUT2D eigenvalue weighted by molar-refractivity contribution is 5.34. The van der Waals surface area contributed by atoms with Crippen LogP contribution in [0.25, 0.3) is 0 Å². The van der Waals surface area contributed by atoms with Crippen molar-refractivity contribution < 1.29 is 4.39 Å². The van der Waals surface area contributed by atoms with Crippen LogP contribution in [-0.2, 0) is 6.54 Å². The average molecular weight is 247 g/mol. The van der Waals surface area contributed by atoms with Crippen LogP contribution < -0.4 is 5.32 Å². The second-order valence-corrected chi connectivity index (χ2v) is 4.75. The van der Waals surface area contributed by atoms with E-state index in [0.29, 0.717) is 6.04 Å². The molecule has 1 saturated heterocycles. The van der Waals surface area contributed by atoms with Gasteiger partial charge in [-0.1, -0.05) is 6.07 Å². The number of halogens is 1. The van der Waals surface area contributed by atoms with E-state index in [9.17, 15) is 4.39 Å². The van der Waals surface area contributed by atoms with Crippen LogP contribution in [0, 0.1) is 17.1 Å². The lowest BCUT2D eigenvalue weighted by molar-refractivity contribution is 0.242. The quantitative estimate of drug-likeness (QED) is 0.883. The first-order valence-electron chi connectivity index (χ1n) is 6.31. The van der Waals surface area contributed by atoms with Crippen LogP contribution in [0.5, 0.6) is 0 Å². The molecule has 0 spiro atoms. The minimum atomic E-state index is -0.436. The van der Waals surface area contributed by atoms with Crippen molar-refractivity contribution in [1.82, 2.24) is 10.2 Å². The van der Waals surface area contributed by atoms with Gasteiger partial charge in [0, 0.05) is 19.1 Å². The standard InChI is InChI=1S/C14H18FN3/c1-17-9-13-3-2-6-18(13)10-11-4-5-14(15)12(7-11)8-16/h4-5,7,13,17H,2-3,6,9-10H2,1H3. The molecule has 0 bridgehead atoms. The lowest BCUT2D eigenvalue weighted by atomic mass is 10.1. The van der Waals surface area contributed by atoms with Crippen LogP contribution in [-0.4, -0.2) is 31.1 Å². The van der Waals surface area contributed by atoms with E-state index in [0.717, 1.165) is 25.2 Å². The van der Waals surface area contributed by atoms with E-state index in [2.05, 4.69) is 10.2 Å². The van der Waals surface area contributed by atoms with Gasteiger partial charge in [0.1, 0.15) is 11.9 Å². The maximum Gasteiger partial charge on any atom is 0.140 e. The number of rotatable bonds is 4. The third-order valence-electron chi connectivity index (χ3n) is 3.48. The predicted octanol–water partition coefficient (Wildman–Crippen LogP) is 1.88. The predicted molar refractivity (Wildman–Crippen MR) is 68.5 cm³/mol. The minimum Gasteiger partial charge on any atom is -0.318 e. The number of hydrogen-bond acceptors (Lipinski definition) is 3. The molecular formula is C14H18FN3. The molecule has 1 aromatic rings. The van der Waals surface area contributed by atoms with Crippen LogP contribution >= 0.6 is 0 Å². The average Bonchev–Trinajstić information content (AvgIpc) is 2.80. The SMILES string of the molecule is CNCC1CCCN1Cc1ccc(F)c(C#N)c1. The summed E-state index contributed by atoms with van der Waals surface area (Å²) in [6.45, 7) is 2.85. The van der Waals surface area contributed by atoms with Gasteiger partial charge in [0.2, 0.25) is 0 Å². The van der Waals surface area contributed by atoms with Crippen molar-refractivity contribution >= 4 is 0 Å². The van der Waals surface area contributed by atoms with Gasteiger partial charge >= 0.3 is 0 Å². The summed E-state index contributed by atoms with van der Waals surface area (Å²) in [6, 6.07) is 7.25. The lowest BCUT2D eigenvalue weighted by Gasteiger charge is -2.24. The Balaban J connectivity index is 2.07. The highest BCUT2D eigenvalue weighted by atomic mass is 19.1. The molecule has 3 nitrogen and oxygen atoms in total. The molecule has 1 atom stereocenters. The van der Waals surface area contributed by atoms with Gasteiger partial charge in [-0.25, -0.2) is 4.39 Å². The molecule has 4 heteroatoms. The molecule has 1 aliphatic heterocycles. The van der Waals surface area contributed by atoms with Gasteiger partial charge in [-0.05, 0) is 44.1 Å². The van der Waals surface area contributed by atoms with E-state index in [1.165, 1.54) is 18.9 Å². The molecule has 1 unspecified atom stereocenters. The highest BCUT2D eigenvalue weighted by Crippen LogP contribution is 2.20. The first kappa shape index (κ1) is 13.0. The van der Waals surface area contributed by atoms with Gasteiger partial charge in [-0.3, -0.25) is 4.90 Å². The Kier molecular flexibility index (Phi) is 4.29. The van der Waals surface area contributed by atoms with Crippen molar-refractivity contribution in [3.63, 3.8) is 0 Å². The van der Waals surface area contributed by atoms with Crippen molar-refractivity contribution in [3.8, 4) is 6.07 Å². The fourth-order valence-electron chi connectivity index (χ4n) is 2.56. The van der Waals surface area contributed by atoms with Crippen LogP contribution in [0.1, 0.15) is 24.0 Å². The van der Waals surface area contributed by atoms with Gasteiger partial charge < -0.3 is 5.32 Å². The third kappa shape index (κ3) is 2.87. The summed E-state index contributed by atoms with van der Waals surface area (Å²) in [6.07, 6.45) is 2.41. The Morgan fingerprint density at radius 3 is 3.11 bits per heavy atom. The van der Waals surface area contributed by atoms with Crippen molar-refractivity contribution in [2.24, 2.45) is 0 Å². The zero-order valence-electron chi connectivity index (χ0n) is 10.6.